The van der Waals surface area contributed by atoms with E-state index in [0.717, 1.165) is 76.4 Å². The molecule has 0 radical (unpaired) electrons. The number of aromatic nitrogens is 1. The molecule has 10 rings (SSSR count). The van der Waals surface area contributed by atoms with Crippen molar-refractivity contribution >= 4 is 83.3 Å². The van der Waals surface area contributed by atoms with Crippen LogP contribution in [0.4, 0.5) is 5.69 Å². The Morgan fingerprint density at radius 2 is 0.940 bits per heavy atom. The largest absolute Gasteiger partial charge is 0.487 e. The summed E-state index contributed by atoms with van der Waals surface area (Å²) >= 11 is 0. The molecule has 8 aromatic rings. The second-order valence-corrected chi connectivity index (χ2v) is 18.8. The molecule has 0 aliphatic carbocycles. The first-order valence-electron chi connectivity index (χ1n) is 24.9. The molecule has 0 N–H and O–H groups in total. The SMILES string of the molecule is CCCCCCCCCC(CCCCCCCCC)N1C(=O)c2ccc3c4ccc5c6c(ccc(c7ccc(c2c37)C1=O)c64)C(=O)N(c1ccc(OCc2ccccc2)c2ncccc12)C5=O. The lowest BCUT2D eigenvalue weighted by Crippen LogP contribution is -2.47. The summed E-state index contributed by atoms with van der Waals surface area (Å²) in [5, 5.41) is 7.13. The predicted octanol–water partition coefficient (Wildman–Crippen LogP) is 14.9. The molecule has 0 unspecified atom stereocenters. The molecule has 0 spiro atoms. The minimum absolute atomic E-state index is 0.145. The van der Waals surface area contributed by atoms with E-state index in [0.29, 0.717) is 62.0 Å². The van der Waals surface area contributed by atoms with E-state index < -0.39 is 11.8 Å². The molecule has 4 amide bonds. The van der Waals surface area contributed by atoms with Crippen molar-refractivity contribution in [1.82, 2.24) is 9.88 Å². The number of carbonyl (C=O) groups is 4. The van der Waals surface area contributed by atoms with E-state index in [1.807, 2.05) is 84.9 Å². The fourth-order valence-electron chi connectivity index (χ4n) is 11.1. The highest BCUT2D eigenvalue weighted by atomic mass is 16.5. The van der Waals surface area contributed by atoms with Crippen molar-refractivity contribution in [3.8, 4) is 5.75 Å². The van der Waals surface area contributed by atoms with E-state index >= 15 is 0 Å². The first kappa shape index (κ1) is 44.2. The average molecular weight is 890 g/mol. The molecule has 340 valence electrons. The smallest absolute Gasteiger partial charge is 0.266 e. The zero-order valence-corrected chi connectivity index (χ0v) is 38.9. The number of hydrogen-bond donors (Lipinski definition) is 0. The Morgan fingerprint density at radius 1 is 0.463 bits per heavy atom. The van der Waals surface area contributed by atoms with Gasteiger partial charge in [0.05, 0.1) is 5.69 Å². The number of rotatable bonds is 21. The fraction of sp³-hybridized carbons (Fsp3) is 0.339. The Kier molecular flexibility index (Phi) is 12.7. The van der Waals surface area contributed by atoms with Crippen LogP contribution in [0.3, 0.4) is 0 Å². The molecular formula is C59H59N3O5. The van der Waals surface area contributed by atoms with Gasteiger partial charge in [-0.3, -0.25) is 29.1 Å². The third-order valence-corrected chi connectivity index (χ3v) is 14.5. The molecule has 3 heterocycles. The lowest BCUT2D eigenvalue weighted by Gasteiger charge is -2.35. The van der Waals surface area contributed by atoms with Crippen LogP contribution >= 0.6 is 0 Å². The van der Waals surface area contributed by atoms with Gasteiger partial charge in [-0.15, -0.1) is 0 Å². The van der Waals surface area contributed by atoms with Crippen LogP contribution < -0.4 is 9.64 Å². The summed E-state index contributed by atoms with van der Waals surface area (Å²) in [6, 6.07) is 32.3. The lowest BCUT2D eigenvalue weighted by molar-refractivity contribution is 0.0516. The third-order valence-electron chi connectivity index (χ3n) is 14.5. The van der Waals surface area contributed by atoms with Gasteiger partial charge in [-0.05, 0) is 99.3 Å². The number of carbonyl (C=O) groups excluding carboxylic acids is 4. The van der Waals surface area contributed by atoms with E-state index in [-0.39, 0.29) is 17.9 Å². The number of unbranched alkanes of at least 4 members (excludes halogenated alkanes) is 12. The van der Waals surface area contributed by atoms with Gasteiger partial charge in [0, 0.05) is 50.7 Å². The van der Waals surface area contributed by atoms with Crippen LogP contribution in [0.25, 0.3) is 54.0 Å². The summed E-state index contributed by atoms with van der Waals surface area (Å²) in [7, 11) is 0. The van der Waals surface area contributed by atoms with Crippen LogP contribution in [-0.4, -0.2) is 39.6 Å². The van der Waals surface area contributed by atoms with E-state index in [9.17, 15) is 19.2 Å². The number of imide groups is 2. The highest BCUT2D eigenvalue weighted by Gasteiger charge is 2.40. The molecule has 0 atom stereocenters. The Morgan fingerprint density at radius 3 is 1.45 bits per heavy atom. The van der Waals surface area contributed by atoms with Crippen LogP contribution in [0.2, 0.25) is 0 Å². The summed E-state index contributed by atoms with van der Waals surface area (Å²) in [5.74, 6) is -0.690. The number of benzene rings is 7. The van der Waals surface area contributed by atoms with Gasteiger partial charge in [0.1, 0.15) is 17.9 Å². The van der Waals surface area contributed by atoms with Crippen molar-refractivity contribution in [2.45, 2.75) is 129 Å². The van der Waals surface area contributed by atoms with Gasteiger partial charge in [0.2, 0.25) is 0 Å². The van der Waals surface area contributed by atoms with Crippen LogP contribution in [0.1, 0.15) is 164 Å². The third kappa shape index (κ3) is 7.98. The topological polar surface area (TPSA) is 96.9 Å². The highest BCUT2D eigenvalue weighted by Crippen LogP contribution is 2.47. The van der Waals surface area contributed by atoms with Crippen molar-refractivity contribution in [2.24, 2.45) is 0 Å². The average Bonchev–Trinajstić information content (AvgIpc) is 3.36. The number of nitrogens with zero attached hydrogens (tertiary/aromatic N) is 3. The van der Waals surface area contributed by atoms with Gasteiger partial charge >= 0.3 is 0 Å². The Balaban J connectivity index is 0.987. The van der Waals surface area contributed by atoms with Crippen LogP contribution in [0, 0.1) is 0 Å². The molecule has 0 fully saturated rings. The number of ether oxygens (including phenoxy) is 1. The number of hydrogen-bond acceptors (Lipinski definition) is 6. The first-order valence-corrected chi connectivity index (χ1v) is 24.9. The first-order chi connectivity index (χ1) is 32.9. The molecule has 1 aromatic heterocycles. The zero-order chi connectivity index (χ0) is 46.0. The Bertz CT molecular complexity index is 3040. The Hall–Kier alpha value is -6.67. The fourth-order valence-corrected chi connectivity index (χ4v) is 11.1. The van der Waals surface area contributed by atoms with E-state index in [4.69, 9.17) is 4.74 Å². The minimum atomic E-state index is -0.417. The second-order valence-electron chi connectivity index (χ2n) is 18.8. The van der Waals surface area contributed by atoms with E-state index in [1.165, 1.54) is 69.1 Å². The number of anilines is 1. The molecule has 0 bridgehead atoms. The van der Waals surface area contributed by atoms with Crippen LogP contribution in [0.15, 0.2) is 109 Å². The van der Waals surface area contributed by atoms with Gasteiger partial charge < -0.3 is 4.74 Å². The number of amides is 4. The molecular weight excluding hydrogens is 831 g/mol. The minimum Gasteiger partial charge on any atom is -0.487 e. The van der Waals surface area contributed by atoms with Crippen LogP contribution in [-0.2, 0) is 6.61 Å². The second kappa shape index (κ2) is 19.3. The maximum atomic E-state index is 14.8. The lowest BCUT2D eigenvalue weighted by atomic mass is 9.82. The van der Waals surface area contributed by atoms with Gasteiger partial charge in [-0.1, -0.05) is 158 Å². The standard InChI is InChI=1S/C59H59N3O5/c1-3-5-7-9-11-13-18-23-39(24-19-14-12-10-8-6-4-2)61-56(63)45-30-26-40-42-28-32-47-54-48(33-29-43(52(42)54)41-27-31-46(57(61)64)53(45)51(40)41)59(66)62(58(47)65)49-34-35-50(55-44(49)25-20-36-60-55)67-37-38-21-16-15-17-22-38/h15-17,20-22,25-36,39H,3-14,18-19,23-24,37H2,1-2H3. The van der Waals surface area contributed by atoms with Crippen molar-refractivity contribution < 1.29 is 23.9 Å². The summed E-state index contributed by atoms with van der Waals surface area (Å²) in [6.45, 7) is 4.82. The summed E-state index contributed by atoms with van der Waals surface area (Å²) in [5.41, 5.74) is 3.99. The van der Waals surface area contributed by atoms with Crippen molar-refractivity contribution in [2.75, 3.05) is 4.90 Å². The number of pyridine rings is 1. The van der Waals surface area contributed by atoms with Crippen molar-refractivity contribution in [3.05, 3.63) is 137 Å². The highest BCUT2D eigenvalue weighted by molar-refractivity contribution is 6.44. The molecule has 2 aliphatic rings. The summed E-state index contributed by atoms with van der Waals surface area (Å²) in [4.78, 5) is 66.6. The summed E-state index contributed by atoms with van der Waals surface area (Å²) in [6.07, 6.45) is 19.9. The van der Waals surface area contributed by atoms with Crippen LogP contribution in [0.5, 0.6) is 5.75 Å². The number of fused-ring (bicyclic) bond motifs is 3. The van der Waals surface area contributed by atoms with Crippen molar-refractivity contribution in [1.29, 1.82) is 0 Å². The zero-order valence-electron chi connectivity index (χ0n) is 38.9. The van der Waals surface area contributed by atoms with Gasteiger partial charge in [-0.2, -0.15) is 0 Å². The summed E-state index contributed by atoms with van der Waals surface area (Å²) < 4.78 is 6.23. The predicted molar refractivity (Wildman–Crippen MR) is 271 cm³/mol. The maximum Gasteiger partial charge on any atom is 0.266 e. The Labute approximate surface area is 392 Å². The molecule has 0 saturated carbocycles. The van der Waals surface area contributed by atoms with E-state index in [2.05, 4.69) is 18.8 Å². The normalized spacial score (nSPS) is 13.8. The molecule has 0 saturated heterocycles. The molecule has 7 aromatic carbocycles. The maximum absolute atomic E-state index is 14.8. The molecule has 8 heteroatoms. The quantitative estimate of drug-likeness (QED) is 0.0308. The van der Waals surface area contributed by atoms with Gasteiger partial charge in [0.15, 0.2) is 0 Å². The monoisotopic (exact) mass is 889 g/mol. The van der Waals surface area contributed by atoms with Crippen molar-refractivity contribution in [3.63, 3.8) is 0 Å². The van der Waals surface area contributed by atoms with Gasteiger partial charge in [-0.25, -0.2) is 4.90 Å². The van der Waals surface area contributed by atoms with E-state index in [1.54, 1.807) is 29.3 Å². The molecule has 8 nitrogen and oxygen atoms in total. The molecule has 2 aliphatic heterocycles. The molecule has 67 heavy (non-hydrogen) atoms. The van der Waals surface area contributed by atoms with Gasteiger partial charge in [0.25, 0.3) is 23.6 Å².